The van der Waals surface area contributed by atoms with Gasteiger partial charge in [0.1, 0.15) is 35.4 Å². The van der Waals surface area contributed by atoms with Crippen molar-refractivity contribution in [3.63, 3.8) is 0 Å². The van der Waals surface area contributed by atoms with E-state index in [1.807, 2.05) is 0 Å². The molecule has 0 radical (unpaired) electrons. The number of carbonyl (C=O) groups excluding carboxylic acids is 2. The largest absolute Gasteiger partial charge is 0.497 e. The van der Waals surface area contributed by atoms with Crippen LogP contribution in [0.1, 0.15) is 16.3 Å². The molecule has 1 N–H and O–H groups in total. The first-order valence-electron chi connectivity index (χ1n) is 9.14. The van der Waals surface area contributed by atoms with Gasteiger partial charge in [-0.3, -0.25) is 4.79 Å². The second-order valence-corrected chi connectivity index (χ2v) is 6.23. The van der Waals surface area contributed by atoms with E-state index in [4.69, 9.17) is 23.4 Å². The predicted molar refractivity (Wildman–Crippen MR) is 108 cm³/mol. The van der Waals surface area contributed by atoms with Crippen molar-refractivity contribution in [2.75, 3.05) is 26.1 Å². The van der Waals surface area contributed by atoms with E-state index in [-0.39, 0.29) is 18.2 Å². The first-order chi connectivity index (χ1) is 15.0. The van der Waals surface area contributed by atoms with E-state index in [0.717, 1.165) is 0 Å². The van der Waals surface area contributed by atoms with Crippen molar-refractivity contribution in [3.05, 3.63) is 71.9 Å². The molecule has 0 bridgehead atoms. The summed E-state index contributed by atoms with van der Waals surface area (Å²) < 4.78 is 38.9. The fraction of sp³-hybridized carbons (Fsp3) is 0.182. The summed E-state index contributed by atoms with van der Waals surface area (Å²) in [5, 5.41) is 2.59. The number of methoxy groups -OCH3 is 2. The van der Waals surface area contributed by atoms with E-state index in [9.17, 15) is 14.0 Å². The van der Waals surface area contributed by atoms with Gasteiger partial charge in [-0.1, -0.05) is 0 Å². The Bertz CT molecular complexity index is 1020. The van der Waals surface area contributed by atoms with E-state index in [0.29, 0.717) is 28.7 Å². The summed E-state index contributed by atoms with van der Waals surface area (Å²) in [6, 6.07) is 13.3. The van der Waals surface area contributed by atoms with Crippen molar-refractivity contribution in [2.45, 2.75) is 6.61 Å². The molecular formula is C22H20FNO7. The number of carbonyl (C=O) groups is 2. The molecule has 1 aromatic heterocycles. The number of anilines is 1. The zero-order valence-corrected chi connectivity index (χ0v) is 16.8. The van der Waals surface area contributed by atoms with Gasteiger partial charge >= 0.3 is 5.97 Å². The number of furan rings is 1. The van der Waals surface area contributed by atoms with Crippen molar-refractivity contribution in [1.82, 2.24) is 0 Å². The molecular weight excluding hydrogens is 409 g/mol. The second-order valence-electron chi connectivity index (χ2n) is 6.23. The Morgan fingerprint density at radius 1 is 0.935 bits per heavy atom. The summed E-state index contributed by atoms with van der Waals surface area (Å²) in [6.07, 6.45) is 0. The molecule has 0 atom stereocenters. The number of halogens is 1. The van der Waals surface area contributed by atoms with Gasteiger partial charge in [0.25, 0.3) is 5.91 Å². The number of ether oxygens (including phenoxy) is 4. The molecule has 0 saturated heterocycles. The molecule has 162 valence electrons. The number of nitrogens with one attached hydrogen (secondary N) is 1. The number of hydrogen-bond donors (Lipinski definition) is 1. The van der Waals surface area contributed by atoms with Gasteiger partial charge < -0.3 is 28.7 Å². The van der Waals surface area contributed by atoms with E-state index in [1.165, 1.54) is 44.6 Å². The predicted octanol–water partition coefficient (Wildman–Crippen LogP) is 3.81. The van der Waals surface area contributed by atoms with E-state index in [1.54, 1.807) is 24.3 Å². The van der Waals surface area contributed by atoms with Crippen LogP contribution in [0.15, 0.2) is 59.0 Å². The van der Waals surface area contributed by atoms with Crippen LogP contribution in [0, 0.1) is 5.82 Å². The Balaban J connectivity index is 1.49. The average Bonchev–Trinajstić information content (AvgIpc) is 3.26. The molecule has 0 aliphatic carbocycles. The van der Waals surface area contributed by atoms with Crippen LogP contribution in [-0.4, -0.2) is 32.7 Å². The topological polar surface area (TPSA) is 96.2 Å². The zero-order valence-electron chi connectivity index (χ0n) is 16.8. The lowest BCUT2D eigenvalue weighted by Gasteiger charge is -2.10. The molecule has 0 fully saturated rings. The summed E-state index contributed by atoms with van der Waals surface area (Å²) in [5.41, 5.74) is 0.426. The molecule has 0 aliphatic heterocycles. The number of benzene rings is 2. The Hall–Kier alpha value is -4.01. The maximum absolute atomic E-state index is 12.9. The number of hydrogen-bond acceptors (Lipinski definition) is 7. The fourth-order valence-corrected chi connectivity index (χ4v) is 2.53. The zero-order chi connectivity index (χ0) is 22.2. The summed E-state index contributed by atoms with van der Waals surface area (Å²) in [4.78, 5) is 24.2. The molecule has 0 unspecified atom stereocenters. The van der Waals surface area contributed by atoms with Gasteiger partial charge in [0, 0.05) is 23.9 Å². The van der Waals surface area contributed by atoms with Crippen LogP contribution >= 0.6 is 0 Å². The highest BCUT2D eigenvalue weighted by atomic mass is 19.1. The van der Waals surface area contributed by atoms with Crippen molar-refractivity contribution in [3.8, 4) is 17.2 Å². The summed E-state index contributed by atoms with van der Waals surface area (Å²) in [6.45, 7) is -0.475. The smallest absolute Gasteiger partial charge is 0.374 e. The minimum absolute atomic E-state index is 0.0388. The third kappa shape index (κ3) is 6.23. The lowest BCUT2D eigenvalue weighted by molar-refractivity contribution is -0.119. The molecule has 8 nitrogen and oxygen atoms in total. The van der Waals surface area contributed by atoms with Gasteiger partial charge in [-0.25, -0.2) is 9.18 Å². The van der Waals surface area contributed by atoms with Crippen LogP contribution in [0.5, 0.6) is 17.2 Å². The van der Waals surface area contributed by atoms with Gasteiger partial charge in [-0.2, -0.15) is 0 Å². The average molecular weight is 429 g/mol. The normalized spacial score (nSPS) is 10.3. The molecule has 0 saturated carbocycles. The Morgan fingerprint density at radius 2 is 1.61 bits per heavy atom. The van der Waals surface area contributed by atoms with Crippen molar-refractivity contribution >= 4 is 17.6 Å². The molecule has 0 spiro atoms. The van der Waals surface area contributed by atoms with Gasteiger partial charge in [0.05, 0.1) is 14.2 Å². The van der Waals surface area contributed by atoms with Crippen molar-refractivity contribution < 1.29 is 37.3 Å². The highest BCUT2D eigenvalue weighted by molar-refractivity contribution is 5.94. The number of amides is 1. The monoisotopic (exact) mass is 429 g/mol. The molecule has 1 heterocycles. The van der Waals surface area contributed by atoms with Crippen LogP contribution in [0.4, 0.5) is 10.1 Å². The molecule has 1 amide bonds. The fourth-order valence-electron chi connectivity index (χ4n) is 2.53. The molecule has 3 rings (SSSR count). The standard InChI is InChI=1S/C22H20FNO7/c1-27-18-9-15(10-19(11-18)28-2)24-21(25)13-30-22(26)20-8-7-17(31-20)12-29-16-5-3-14(23)4-6-16/h3-11H,12-13H2,1-2H3,(H,24,25). The van der Waals surface area contributed by atoms with Crippen LogP contribution in [0.2, 0.25) is 0 Å². The lowest BCUT2D eigenvalue weighted by Crippen LogP contribution is -2.20. The first kappa shape index (κ1) is 21.7. The Labute approximate surface area is 177 Å². The number of rotatable bonds is 9. The third-order valence-corrected chi connectivity index (χ3v) is 4.03. The molecule has 31 heavy (non-hydrogen) atoms. The van der Waals surface area contributed by atoms with Crippen LogP contribution in [-0.2, 0) is 16.1 Å². The molecule has 9 heteroatoms. The summed E-state index contributed by atoms with van der Waals surface area (Å²) >= 11 is 0. The van der Waals surface area contributed by atoms with Gasteiger partial charge in [-0.15, -0.1) is 0 Å². The van der Waals surface area contributed by atoms with E-state index in [2.05, 4.69) is 5.32 Å². The maximum atomic E-state index is 12.9. The first-order valence-corrected chi connectivity index (χ1v) is 9.14. The molecule has 2 aromatic carbocycles. The van der Waals surface area contributed by atoms with E-state index < -0.39 is 18.5 Å². The summed E-state index contributed by atoms with van der Waals surface area (Å²) in [7, 11) is 2.98. The third-order valence-electron chi connectivity index (χ3n) is 4.03. The van der Waals surface area contributed by atoms with Gasteiger partial charge in [0.2, 0.25) is 5.76 Å². The van der Waals surface area contributed by atoms with Crippen LogP contribution in [0.3, 0.4) is 0 Å². The lowest BCUT2D eigenvalue weighted by atomic mass is 10.2. The highest BCUT2D eigenvalue weighted by Gasteiger charge is 2.15. The molecule has 0 aliphatic rings. The SMILES string of the molecule is COc1cc(NC(=O)COC(=O)c2ccc(COc3ccc(F)cc3)o2)cc(OC)c1. The minimum Gasteiger partial charge on any atom is -0.497 e. The Morgan fingerprint density at radius 3 is 2.26 bits per heavy atom. The number of esters is 1. The van der Waals surface area contributed by atoms with Gasteiger partial charge in [0.15, 0.2) is 6.61 Å². The Kier molecular flexibility index (Phi) is 7.10. The van der Waals surface area contributed by atoms with Crippen LogP contribution < -0.4 is 19.5 Å². The van der Waals surface area contributed by atoms with Gasteiger partial charge in [-0.05, 0) is 36.4 Å². The van der Waals surface area contributed by atoms with E-state index >= 15 is 0 Å². The van der Waals surface area contributed by atoms with Crippen LogP contribution in [0.25, 0.3) is 0 Å². The van der Waals surface area contributed by atoms with Crippen molar-refractivity contribution in [1.29, 1.82) is 0 Å². The molecule has 3 aromatic rings. The second kappa shape index (κ2) is 10.1. The van der Waals surface area contributed by atoms with Crippen molar-refractivity contribution in [2.24, 2.45) is 0 Å². The quantitative estimate of drug-likeness (QED) is 0.517. The highest BCUT2D eigenvalue weighted by Crippen LogP contribution is 2.25. The maximum Gasteiger partial charge on any atom is 0.374 e. The minimum atomic E-state index is -0.800. The summed E-state index contributed by atoms with van der Waals surface area (Å²) in [5.74, 6) is 0.0206.